The minimum atomic E-state index is -3.72. The molecule has 1 aromatic rings. The van der Waals surface area contributed by atoms with Gasteiger partial charge in [-0.1, -0.05) is 0 Å². The summed E-state index contributed by atoms with van der Waals surface area (Å²) in [6, 6.07) is -0.319. The lowest BCUT2D eigenvalue weighted by Crippen LogP contribution is -2.48. The first-order valence-electron chi connectivity index (χ1n) is 6.50. The third kappa shape index (κ3) is 1.88. The summed E-state index contributed by atoms with van der Waals surface area (Å²) >= 11 is 0. The van der Waals surface area contributed by atoms with E-state index in [-0.39, 0.29) is 28.6 Å². The van der Waals surface area contributed by atoms with Crippen LogP contribution >= 0.6 is 0 Å². The van der Waals surface area contributed by atoms with E-state index in [2.05, 4.69) is 10.4 Å². The maximum absolute atomic E-state index is 12.7. The first kappa shape index (κ1) is 13.4. The second kappa shape index (κ2) is 4.45. The van der Waals surface area contributed by atoms with Crippen LogP contribution in [0.5, 0.6) is 0 Å². The summed E-state index contributed by atoms with van der Waals surface area (Å²) in [5.74, 6) is -0.322. The van der Waals surface area contributed by atoms with Crippen LogP contribution in [-0.4, -0.2) is 47.5 Å². The van der Waals surface area contributed by atoms with Crippen molar-refractivity contribution in [1.82, 2.24) is 19.4 Å². The fraction of sp³-hybridized carbons (Fsp3) is 0.636. The summed E-state index contributed by atoms with van der Waals surface area (Å²) in [6.45, 7) is 0.774. The Balaban J connectivity index is 1.99. The molecule has 0 radical (unpaired) electrons. The van der Waals surface area contributed by atoms with E-state index >= 15 is 0 Å². The standard InChI is InChI=1S/C11H17N5O3S/c1-15-6-9(10(12)14-15)20(18,19)16-4-2-3-7-8(16)5-13-11(7)17/h6-8H,2-5H2,1H3,(H2,12,14)(H,13,17). The third-order valence-corrected chi connectivity index (χ3v) is 5.90. The van der Waals surface area contributed by atoms with E-state index in [0.29, 0.717) is 19.5 Å². The van der Waals surface area contributed by atoms with Gasteiger partial charge < -0.3 is 11.1 Å². The Morgan fingerprint density at radius 2 is 2.25 bits per heavy atom. The number of hydrogen-bond donors (Lipinski definition) is 2. The van der Waals surface area contributed by atoms with Crippen LogP contribution in [0.15, 0.2) is 11.1 Å². The third-order valence-electron chi connectivity index (χ3n) is 3.96. The maximum Gasteiger partial charge on any atom is 0.248 e. The van der Waals surface area contributed by atoms with Gasteiger partial charge in [-0.15, -0.1) is 0 Å². The number of aryl methyl sites for hydroxylation is 1. The van der Waals surface area contributed by atoms with E-state index in [1.54, 1.807) is 7.05 Å². The molecule has 3 rings (SSSR count). The van der Waals surface area contributed by atoms with Gasteiger partial charge in [0, 0.05) is 26.3 Å². The zero-order valence-electron chi connectivity index (χ0n) is 11.1. The number of fused-ring (bicyclic) bond motifs is 1. The number of nitrogens with two attached hydrogens (primary N) is 1. The van der Waals surface area contributed by atoms with Gasteiger partial charge in [0.15, 0.2) is 5.82 Å². The normalized spacial score (nSPS) is 27.4. The Bertz CT molecular complexity index is 653. The van der Waals surface area contributed by atoms with Crippen molar-refractivity contribution < 1.29 is 13.2 Å². The molecule has 2 fully saturated rings. The molecule has 0 aliphatic carbocycles. The molecule has 3 heterocycles. The number of nitrogens with zero attached hydrogens (tertiary/aromatic N) is 3. The zero-order valence-corrected chi connectivity index (χ0v) is 11.9. The van der Waals surface area contributed by atoms with Crippen molar-refractivity contribution >= 4 is 21.7 Å². The Morgan fingerprint density at radius 1 is 1.50 bits per heavy atom. The van der Waals surface area contributed by atoms with Crippen LogP contribution in [0, 0.1) is 5.92 Å². The number of carbonyl (C=O) groups is 1. The predicted octanol–water partition coefficient (Wildman–Crippen LogP) is -1.10. The molecule has 1 aromatic heterocycles. The van der Waals surface area contributed by atoms with Crippen molar-refractivity contribution in [3.8, 4) is 0 Å². The van der Waals surface area contributed by atoms with Gasteiger partial charge in [0.25, 0.3) is 0 Å². The number of hydrogen-bond acceptors (Lipinski definition) is 5. The fourth-order valence-electron chi connectivity index (χ4n) is 3.02. The molecule has 2 aliphatic heterocycles. The fourth-order valence-corrected chi connectivity index (χ4v) is 4.81. The topological polar surface area (TPSA) is 110 Å². The number of amides is 1. The van der Waals surface area contributed by atoms with Crippen LogP contribution in [0.4, 0.5) is 5.82 Å². The largest absolute Gasteiger partial charge is 0.381 e. The van der Waals surface area contributed by atoms with Crippen molar-refractivity contribution in [3.63, 3.8) is 0 Å². The summed E-state index contributed by atoms with van der Waals surface area (Å²) in [7, 11) is -2.10. The van der Waals surface area contributed by atoms with Gasteiger partial charge in [-0.25, -0.2) is 8.42 Å². The number of nitrogen functional groups attached to an aromatic ring is 1. The average molecular weight is 299 g/mol. The number of anilines is 1. The van der Waals surface area contributed by atoms with Gasteiger partial charge >= 0.3 is 0 Å². The summed E-state index contributed by atoms with van der Waals surface area (Å²) in [5.41, 5.74) is 5.68. The number of nitrogens with one attached hydrogen (secondary N) is 1. The molecule has 0 aromatic carbocycles. The van der Waals surface area contributed by atoms with E-state index in [0.717, 1.165) is 6.42 Å². The van der Waals surface area contributed by atoms with Gasteiger partial charge in [-0.05, 0) is 12.8 Å². The van der Waals surface area contributed by atoms with E-state index in [4.69, 9.17) is 5.73 Å². The van der Waals surface area contributed by atoms with E-state index < -0.39 is 10.0 Å². The summed E-state index contributed by atoms with van der Waals surface area (Å²) in [5, 5.41) is 6.62. The predicted molar refractivity (Wildman–Crippen MR) is 71.0 cm³/mol. The van der Waals surface area contributed by atoms with Gasteiger partial charge in [0.05, 0.1) is 12.0 Å². The number of aromatic nitrogens is 2. The molecule has 1 amide bonds. The average Bonchev–Trinajstić information content (AvgIpc) is 2.93. The lowest BCUT2D eigenvalue weighted by atomic mass is 9.93. The molecule has 9 heteroatoms. The van der Waals surface area contributed by atoms with Crippen molar-refractivity contribution in [2.45, 2.75) is 23.8 Å². The minimum Gasteiger partial charge on any atom is -0.381 e. The lowest BCUT2D eigenvalue weighted by Gasteiger charge is -2.34. The quantitative estimate of drug-likeness (QED) is 0.720. The molecular weight excluding hydrogens is 282 g/mol. The molecule has 0 spiro atoms. The summed E-state index contributed by atoms with van der Waals surface area (Å²) in [6.07, 6.45) is 2.80. The monoisotopic (exact) mass is 299 g/mol. The van der Waals surface area contributed by atoms with E-state index in [1.807, 2.05) is 0 Å². The van der Waals surface area contributed by atoms with Gasteiger partial charge in [0.2, 0.25) is 15.9 Å². The highest BCUT2D eigenvalue weighted by Crippen LogP contribution is 2.33. The molecule has 2 unspecified atom stereocenters. The van der Waals surface area contributed by atoms with Crippen molar-refractivity contribution in [2.75, 3.05) is 18.8 Å². The second-order valence-electron chi connectivity index (χ2n) is 5.23. The molecule has 0 saturated carbocycles. The Hall–Kier alpha value is -1.61. The Kier molecular flexibility index (Phi) is 2.98. The SMILES string of the molecule is Cn1cc(S(=O)(=O)N2CCCC3C(=O)NCC32)c(N)n1. The highest BCUT2D eigenvalue weighted by molar-refractivity contribution is 7.89. The first-order valence-corrected chi connectivity index (χ1v) is 7.94. The summed E-state index contributed by atoms with van der Waals surface area (Å²) in [4.78, 5) is 11.7. The summed E-state index contributed by atoms with van der Waals surface area (Å²) < 4.78 is 28.2. The first-order chi connectivity index (χ1) is 9.41. The molecule has 110 valence electrons. The second-order valence-corrected chi connectivity index (χ2v) is 7.09. The maximum atomic E-state index is 12.7. The Morgan fingerprint density at radius 3 is 2.90 bits per heavy atom. The van der Waals surface area contributed by atoms with Gasteiger partial charge in [-0.3, -0.25) is 9.48 Å². The molecule has 2 aliphatic rings. The van der Waals surface area contributed by atoms with Crippen LogP contribution in [0.2, 0.25) is 0 Å². The van der Waals surface area contributed by atoms with Crippen molar-refractivity contribution in [2.24, 2.45) is 13.0 Å². The van der Waals surface area contributed by atoms with Crippen LogP contribution < -0.4 is 11.1 Å². The van der Waals surface area contributed by atoms with Gasteiger partial charge in [-0.2, -0.15) is 9.40 Å². The number of carbonyl (C=O) groups excluding carboxylic acids is 1. The van der Waals surface area contributed by atoms with Crippen LogP contribution in [-0.2, 0) is 21.9 Å². The van der Waals surface area contributed by atoms with Crippen LogP contribution in [0.1, 0.15) is 12.8 Å². The Labute approximate surface area is 117 Å². The smallest absolute Gasteiger partial charge is 0.248 e. The van der Waals surface area contributed by atoms with Crippen LogP contribution in [0.25, 0.3) is 0 Å². The zero-order chi connectivity index (χ0) is 14.5. The van der Waals surface area contributed by atoms with E-state index in [9.17, 15) is 13.2 Å². The molecular formula is C11H17N5O3S. The number of piperidine rings is 1. The van der Waals surface area contributed by atoms with Crippen molar-refractivity contribution in [1.29, 1.82) is 0 Å². The lowest BCUT2D eigenvalue weighted by molar-refractivity contribution is -0.123. The number of sulfonamides is 1. The molecule has 3 N–H and O–H groups in total. The highest BCUT2D eigenvalue weighted by Gasteiger charge is 2.46. The number of rotatable bonds is 2. The molecule has 0 bridgehead atoms. The molecule has 20 heavy (non-hydrogen) atoms. The minimum absolute atomic E-state index is 0.00749. The molecule has 8 nitrogen and oxygen atoms in total. The highest BCUT2D eigenvalue weighted by atomic mass is 32.2. The van der Waals surface area contributed by atoms with Gasteiger partial charge in [0.1, 0.15) is 4.90 Å². The molecule has 2 atom stereocenters. The van der Waals surface area contributed by atoms with Crippen molar-refractivity contribution in [3.05, 3.63) is 6.20 Å². The van der Waals surface area contributed by atoms with Crippen LogP contribution in [0.3, 0.4) is 0 Å². The van der Waals surface area contributed by atoms with E-state index in [1.165, 1.54) is 15.2 Å². The molecule has 2 saturated heterocycles.